The average Bonchev–Trinajstić information content (AvgIpc) is 2.49. The van der Waals surface area contributed by atoms with Gasteiger partial charge in [0.2, 0.25) is 11.8 Å². The molecule has 5 heteroatoms. The van der Waals surface area contributed by atoms with Crippen molar-refractivity contribution in [2.75, 3.05) is 32.8 Å². The minimum atomic E-state index is -0.461. The molecule has 0 saturated carbocycles. The maximum absolute atomic E-state index is 12.2. The Morgan fingerprint density at radius 3 is 2.00 bits per heavy atom. The fourth-order valence-electron chi connectivity index (χ4n) is 2.30. The number of benzene rings is 1. The highest BCUT2D eigenvalue weighted by atomic mass is 16.3. The maximum Gasteiger partial charge on any atom is 0.248 e. The zero-order valence-corrected chi connectivity index (χ0v) is 11.7. The van der Waals surface area contributed by atoms with Gasteiger partial charge < -0.3 is 14.9 Å². The van der Waals surface area contributed by atoms with Crippen LogP contribution in [0.25, 0.3) is 0 Å². The molecule has 1 saturated heterocycles. The number of carbonyl (C=O) groups excluding carboxylic acids is 2. The topological polar surface area (TPSA) is 60.9 Å². The SMILES string of the molecule is Cc1ccc(CC(=O)N2CCN(C(=O)CO)CC2)cc1. The standard InChI is InChI=1S/C15H20N2O3/c1-12-2-4-13(5-3-12)10-14(19)16-6-8-17(9-7-16)15(20)11-18/h2-5,18H,6-11H2,1H3. The molecule has 2 rings (SSSR count). The first kappa shape index (κ1) is 14.5. The first-order chi connectivity index (χ1) is 9.60. The number of aliphatic hydroxyl groups is 1. The molecule has 1 heterocycles. The van der Waals surface area contributed by atoms with Gasteiger partial charge in [-0.25, -0.2) is 0 Å². The van der Waals surface area contributed by atoms with Gasteiger partial charge in [-0.15, -0.1) is 0 Å². The minimum absolute atomic E-state index is 0.0879. The van der Waals surface area contributed by atoms with Crippen molar-refractivity contribution in [3.8, 4) is 0 Å². The third-order valence-corrected chi connectivity index (χ3v) is 3.60. The summed E-state index contributed by atoms with van der Waals surface area (Å²) in [6, 6.07) is 7.94. The van der Waals surface area contributed by atoms with Gasteiger partial charge in [0.1, 0.15) is 6.61 Å². The second-order valence-electron chi connectivity index (χ2n) is 5.08. The minimum Gasteiger partial charge on any atom is -0.387 e. The largest absolute Gasteiger partial charge is 0.387 e. The lowest BCUT2D eigenvalue weighted by molar-refractivity contribution is -0.140. The monoisotopic (exact) mass is 276 g/mol. The number of hydrogen-bond acceptors (Lipinski definition) is 3. The van der Waals surface area contributed by atoms with Crippen LogP contribution in [0.5, 0.6) is 0 Å². The van der Waals surface area contributed by atoms with Crippen LogP contribution in [0.4, 0.5) is 0 Å². The maximum atomic E-state index is 12.2. The Morgan fingerprint density at radius 2 is 1.50 bits per heavy atom. The van der Waals surface area contributed by atoms with Gasteiger partial charge in [-0.3, -0.25) is 9.59 Å². The summed E-state index contributed by atoms with van der Waals surface area (Å²) >= 11 is 0. The molecule has 1 N–H and O–H groups in total. The molecule has 0 spiro atoms. The van der Waals surface area contributed by atoms with Crippen LogP contribution in [0.3, 0.4) is 0 Å². The Kier molecular flexibility index (Phi) is 4.74. The van der Waals surface area contributed by atoms with Crippen molar-refractivity contribution in [3.63, 3.8) is 0 Å². The number of aryl methyl sites for hydroxylation is 1. The summed E-state index contributed by atoms with van der Waals surface area (Å²) in [7, 11) is 0. The normalized spacial score (nSPS) is 15.3. The Labute approximate surface area is 118 Å². The lowest BCUT2D eigenvalue weighted by Crippen LogP contribution is -2.51. The molecule has 5 nitrogen and oxygen atoms in total. The van der Waals surface area contributed by atoms with E-state index in [-0.39, 0.29) is 11.8 Å². The third kappa shape index (κ3) is 3.57. The molecule has 0 atom stereocenters. The fourth-order valence-corrected chi connectivity index (χ4v) is 2.30. The molecular formula is C15H20N2O3. The van der Waals surface area contributed by atoms with Crippen LogP contribution in [0.2, 0.25) is 0 Å². The highest BCUT2D eigenvalue weighted by Gasteiger charge is 2.23. The molecule has 1 fully saturated rings. The van der Waals surface area contributed by atoms with E-state index in [0.717, 1.165) is 5.56 Å². The van der Waals surface area contributed by atoms with Gasteiger partial charge in [0.15, 0.2) is 0 Å². The van der Waals surface area contributed by atoms with Crippen molar-refractivity contribution in [2.24, 2.45) is 0 Å². The van der Waals surface area contributed by atoms with Crippen LogP contribution in [-0.4, -0.2) is 59.5 Å². The Balaban J connectivity index is 1.85. The quantitative estimate of drug-likeness (QED) is 0.858. The first-order valence-electron chi connectivity index (χ1n) is 6.82. The second kappa shape index (κ2) is 6.52. The lowest BCUT2D eigenvalue weighted by atomic mass is 10.1. The van der Waals surface area contributed by atoms with Crippen molar-refractivity contribution in [1.82, 2.24) is 9.80 Å². The van der Waals surface area contributed by atoms with Gasteiger partial charge >= 0.3 is 0 Å². The number of nitrogens with zero attached hydrogens (tertiary/aromatic N) is 2. The predicted molar refractivity (Wildman–Crippen MR) is 75.1 cm³/mol. The van der Waals surface area contributed by atoms with Gasteiger partial charge in [0, 0.05) is 26.2 Å². The molecular weight excluding hydrogens is 256 g/mol. The van der Waals surface area contributed by atoms with E-state index in [1.807, 2.05) is 31.2 Å². The number of piperazine rings is 1. The Bertz CT molecular complexity index is 476. The summed E-state index contributed by atoms with van der Waals surface area (Å²) in [5.41, 5.74) is 2.19. The number of amides is 2. The molecule has 108 valence electrons. The van der Waals surface area contributed by atoms with E-state index >= 15 is 0 Å². The van der Waals surface area contributed by atoms with Gasteiger partial charge in [0.05, 0.1) is 6.42 Å². The van der Waals surface area contributed by atoms with Crippen LogP contribution in [0.1, 0.15) is 11.1 Å². The van der Waals surface area contributed by atoms with E-state index in [0.29, 0.717) is 32.6 Å². The molecule has 0 aliphatic carbocycles. The molecule has 1 aromatic carbocycles. The summed E-state index contributed by atoms with van der Waals surface area (Å²) in [5, 5.41) is 8.81. The molecule has 1 aromatic rings. The number of hydrogen-bond donors (Lipinski definition) is 1. The van der Waals surface area contributed by atoms with E-state index in [9.17, 15) is 9.59 Å². The van der Waals surface area contributed by atoms with Crippen molar-refractivity contribution in [2.45, 2.75) is 13.3 Å². The molecule has 2 amide bonds. The van der Waals surface area contributed by atoms with E-state index < -0.39 is 6.61 Å². The van der Waals surface area contributed by atoms with E-state index in [4.69, 9.17) is 5.11 Å². The van der Waals surface area contributed by atoms with Crippen molar-refractivity contribution >= 4 is 11.8 Å². The smallest absolute Gasteiger partial charge is 0.248 e. The van der Waals surface area contributed by atoms with Crippen LogP contribution < -0.4 is 0 Å². The summed E-state index contributed by atoms with van der Waals surface area (Å²) in [6.45, 7) is 3.63. The molecule has 0 radical (unpaired) electrons. The summed E-state index contributed by atoms with van der Waals surface area (Å²) < 4.78 is 0. The summed E-state index contributed by atoms with van der Waals surface area (Å²) in [4.78, 5) is 26.9. The van der Waals surface area contributed by atoms with Crippen molar-refractivity contribution in [3.05, 3.63) is 35.4 Å². The van der Waals surface area contributed by atoms with Crippen LogP contribution in [0, 0.1) is 6.92 Å². The highest BCUT2D eigenvalue weighted by Crippen LogP contribution is 2.08. The van der Waals surface area contributed by atoms with Crippen molar-refractivity contribution < 1.29 is 14.7 Å². The van der Waals surface area contributed by atoms with Gasteiger partial charge in [-0.2, -0.15) is 0 Å². The third-order valence-electron chi connectivity index (χ3n) is 3.60. The van der Waals surface area contributed by atoms with Crippen molar-refractivity contribution in [1.29, 1.82) is 0 Å². The van der Waals surface area contributed by atoms with Crippen LogP contribution in [-0.2, 0) is 16.0 Å². The molecule has 0 bridgehead atoms. The average molecular weight is 276 g/mol. The van der Waals surface area contributed by atoms with E-state index in [2.05, 4.69) is 0 Å². The number of rotatable bonds is 3. The van der Waals surface area contributed by atoms with Crippen LogP contribution in [0.15, 0.2) is 24.3 Å². The Hall–Kier alpha value is -1.88. The molecule has 0 aromatic heterocycles. The summed E-state index contributed by atoms with van der Waals surface area (Å²) in [5.74, 6) is -0.180. The summed E-state index contributed by atoms with van der Waals surface area (Å²) in [6.07, 6.45) is 0.397. The molecule has 1 aliphatic heterocycles. The molecule has 0 unspecified atom stereocenters. The highest BCUT2D eigenvalue weighted by molar-refractivity contribution is 5.80. The Morgan fingerprint density at radius 1 is 1.00 bits per heavy atom. The van der Waals surface area contributed by atoms with Gasteiger partial charge in [-0.1, -0.05) is 29.8 Å². The number of aliphatic hydroxyl groups excluding tert-OH is 1. The first-order valence-corrected chi connectivity index (χ1v) is 6.82. The zero-order chi connectivity index (χ0) is 14.5. The van der Waals surface area contributed by atoms with Gasteiger partial charge in [-0.05, 0) is 12.5 Å². The molecule has 1 aliphatic rings. The second-order valence-corrected chi connectivity index (χ2v) is 5.08. The van der Waals surface area contributed by atoms with Crippen LogP contribution >= 0.6 is 0 Å². The number of carbonyl (C=O) groups is 2. The predicted octanol–water partition coefficient (Wildman–Crippen LogP) is 0.201. The zero-order valence-electron chi connectivity index (χ0n) is 11.7. The lowest BCUT2D eigenvalue weighted by Gasteiger charge is -2.34. The fraction of sp³-hybridized carbons (Fsp3) is 0.467. The van der Waals surface area contributed by atoms with E-state index in [1.54, 1.807) is 9.80 Å². The van der Waals surface area contributed by atoms with Gasteiger partial charge in [0.25, 0.3) is 0 Å². The molecule has 20 heavy (non-hydrogen) atoms. The van der Waals surface area contributed by atoms with E-state index in [1.165, 1.54) is 5.56 Å².